The predicted molar refractivity (Wildman–Crippen MR) is 76.6 cm³/mol. The number of ether oxygens (including phenoxy) is 4. The number of rotatable bonds is 5. The smallest absolute Gasteiger partial charge is 0.246 e. The van der Waals surface area contributed by atoms with Crippen LogP contribution in [0, 0.1) is 0 Å². The molecular formula is C15H25NO5. The van der Waals surface area contributed by atoms with Crippen LogP contribution in [0.4, 0.5) is 0 Å². The monoisotopic (exact) mass is 299 g/mol. The molecule has 2 aliphatic rings. The highest BCUT2D eigenvalue weighted by Crippen LogP contribution is 2.38. The van der Waals surface area contributed by atoms with Gasteiger partial charge in [-0.1, -0.05) is 0 Å². The van der Waals surface area contributed by atoms with E-state index in [0.717, 1.165) is 0 Å². The highest BCUT2D eigenvalue weighted by Gasteiger charge is 2.54. The maximum absolute atomic E-state index is 12.0. The van der Waals surface area contributed by atoms with Crippen molar-refractivity contribution < 1.29 is 23.7 Å². The number of hydrogen-bond acceptors (Lipinski definition) is 5. The van der Waals surface area contributed by atoms with E-state index in [2.05, 4.69) is 0 Å². The van der Waals surface area contributed by atoms with Crippen LogP contribution in [0.1, 0.15) is 27.7 Å². The average Bonchev–Trinajstić information content (AvgIpc) is 2.88. The molecule has 0 aliphatic carbocycles. The number of amides is 1. The van der Waals surface area contributed by atoms with Crippen molar-refractivity contribution in [3.63, 3.8) is 0 Å². The van der Waals surface area contributed by atoms with E-state index in [1.165, 1.54) is 6.08 Å². The van der Waals surface area contributed by atoms with Crippen molar-refractivity contribution in [3.8, 4) is 0 Å². The number of hydrogen-bond donors (Lipinski definition) is 0. The summed E-state index contributed by atoms with van der Waals surface area (Å²) in [6, 6.07) is 0. The van der Waals surface area contributed by atoms with Crippen LogP contribution in [0.15, 0.2) is 12.2 Å². The van der Waals surface area contributed by atoms with Gasteiger partial charge in [0, 0.05) is 26.3 Å². The van der Waals surface area contributed by atoms with Crippen molar-refractivity contribution >= 4 is 5.91 Å². The third-order valence-corrected chi connectivity index (χ3v) is 3.80. The van der Waals surface area contributed by atoms with Gasteiger partial charge in [-0.15, -0.1) is 0 Å². The molecule has 0 saturated carbocycles. The Labute approximate surface area is 126 Å². The molecule has 0 spiro atoms. The summed E-state index contributed by atoms with van der Waals surface area (Å²) in [6.45, 7) is 8.96. The summed E-state index contributed by atoms with van der Waals surface area (Å²) >= 11 is 0. The topological polar surface area (TPSA) is 57.2 Å². The lowest BCUT2D eigenvalue weighted by molar-refractivity contribution is -0.210. The second kappa shape index (κ2) is 6.44. The lowest BCUT2D eigenvalue weighted by atomic mass is 10.1. The molecule has 2 fully saturated rings. The van der Waals surface area contributed by atoms with Gasteiger partial charge in [-0.2, -0.15) is 0 Å². The first-order valence-corrected chi connectivity index (χ1v) is 7.42. The molecule has 0 radical (unpaired) electrons. The lowest BCUT2D eigenvalue weighted by Crippen LogP contribution is -2.35. The van der Waals surface area contributed by atoms with Gasteiger partial charge in [-0.05, 0) is 33.8 Å². The quantitative estimate of drug-likeness (QED) is 0.716. The second-order valence-electron chi connectivity index (χ2n) is 5.64. The molecule has 1 amide bonds. The predicted octanol–water partition coefficient (Wildman–Crippen LogP) is 1.30. The third kappa shape index (κ3) is 3.45. The molecule has 2 rings (SSSR count). The minimum absolute atomic E-state index is 0.0299. The van der Waals surface area contributed by atoms with E-state index >= 15 is 0 Å². The average molecular weight is 299 g/mol. The van der Waals surface area contributed by atoms with Crippen molar-refractivity contribution in [2.75, 3.05) is 20.2 Å². The van der Waals surface area contributed by atoms with Gasteiger partial charge in [-0.25, -0.2) is 0 Å². The zero-order valence-corrected chi connectivity index (χ0v) is 13.4. The largest absolute Gasteiger partial charge is 0.375 e. The van der Waals surface area contributed by atoms with Crippen LogP contribution in [0.5, 0.6) is 0 Å². The molecule has 120 valence electrons. The number of fused-ring (bicyclic) bond motifs is 1. The van der Waals surface area contributed by atoms with Gasteiger partial charge < -0.3 is 23.8 Å². The van der Waals surface area contributed by atoms with Crippen molar-refractivity contribution in [2.45, 2.75) is 58.1 Å². The summed E-state index contributed by atoms with van der Waals surface area (Å²) < 4.78 is 22.7. The number of carbonyl (C=O) groups excluding carboxylic acids is 1. The maximum atomic E-state index is 12.0. The molecule has 4 atom stereocenters. The lowest BCUT2D eigenvalue weighted by Gasteiger charge is -2.23. The Morgan fingerprint density at radius 3 is 2.52 bits per heavy atom. The molecule has 2 heterocycles. The highest BCUT2D eigenvalue weighted by atomic mass is 16.8. The van der Waals surface area contributed by atoms with Gasteiger partial charge >= 0.3 is 0 Å². The Morgan fingerprint density at radius 2 is 1.95 bits per heavy atom. The molecule has 0 aromatic rings. The molecule has 0 unspecified atom stereocenters. The van der Waals surface area contributed by atoms with Crippen LogP contribution < -0.4 is 0 Å². The second-order valence-corrected chi connectivity index (χ2v) is 5.64. The first kappa shape index (κ1) is 16.4. The number of carbonyl (C=O) groups is 1. The first-order chi connectivity index (χ1) is 9.91. The SMILES string of the molecule is CCN(CC)C(=O)/C=C/[C@H]1O[C@@H]2OC(C)(C)O[C@@H]2[C@H]1OC. The van der Waals surface area contributed by atoms with E-state index in [4.69, 9.17) is 18.9 Å². The Kier molecular flexibility index (Phi) is 5.03. The number of methoxy groups -OCH3 is 1. The normalized spacial score (nSPS) is 34.3. The van der Waals surface area contributed by atoms with Crippen molar-refractivity contribution in [3.05, 3.63) is 12.2 Å². The van der Waals surface area contributed by atoms with Gasteiger partial charge in [0.1, 0.15) is 18.3 Å². The van der Waals surface area contributed by atoms with Crippen LogP contribution in [0.25, 0.3) is 0 Å². The summed E-state index contributed by atoms with van der Waals surface area (Å²) in [7, 11) is 1.61. The summed E-state index contributed by atoms with van der Waals surface area (Å²) in [4.78, 5) is 13.7. The molecule has 6 nitrogen and oxygen atoms in total. The van der Waals surface area contributed by atoms with E-state index in [0.29, 0.717) is 13.1 Å². The van der Waals surface area contributed by atoms with Gasteiger partial charge in [0.05, 0.1) is 0 Å². The summed E-state index contributed by atoms with van der Waals surface area (Å²) in [5.74, 6) is -0.699. The molecule has 0 bridgehead atoms. The van der Waals surface area contributed by atoms with E-state index in [9.17, 15) is 4.79 Å². The number of nitrogens with zero attached hydrogens (tertiary/aromatic N) is 1. The van der Waals surface area contributed by atoms with Crippen molar-refractivity contribution in [2.24, 2.45) is 0 Å². The van der Waals surface area contributed by atoms with Crippen LogP contribution in [-0.4, -0.2) is 61.4 Å². The Bertz CT molecular complexity index is 405. The van der Waals surface area contributed by atoms with Crippen LogP contribution in [0.3, 0.4) is 0 Å². The first-order valence-electron chi connectivity index (χ1n) is 7.42. The zero-order valence-electron chi connectivity index (χ0n) is 13.4. The van der Waals surface area contributed by atoms with Crippen molar-refractivity contribution in [1.29, 1.82) is 0 Å². The maximum Gasteiger partial charge on any atom is 0.246 e. The highest BCUT2D eigenvalue weighted by molar-refractivity contribution is 5.87. The van der Waals surface area contributed by atoms with Crippen LogP contribution >= 0.6 is 0 Å². The Hall–Kier alpha value is -0.950. The molecule has 0 aromatic carbocycles. The molecule has 6 heteroatoms. The van der Waals surface area contributed by atoms with Gasteiger partial charge in [-0.3, -0.25) is 4.79 Å². The standard InChI is InChI=1S/C15H25NO5/c1-6-16(7-2)11(17)9-8-10-12(18-5)13-14(19-10)21-15(3,4)20-13/h8-10,12-14H,6-7H2,1-5H3/b9-8+/t10-,12+,13-,14-/m1/s1. The molecule has 0 N–H and O–H groups in total. The van der Waals surface area contributed by atoms with Crippen LogP contribution in [-0.2, 0) is 23.7 Å². The molecule has 0 aromatic heterocycles. The Balaban J connectivity index is 2.01. The Morgan fingerprint density at radius 1 is 1.29 bits per heavy atom. The summed E-state index contributed by atoms with van der Waals surface area (Å²) in [6.07, 6.45) is 1.91. The summed E-state index contributed by atoms with van der Waals surface area (Å²) in [5, 5.41) is 0. The molecule has 2 aliphatic heterocycles. The van der Waals surface area contributed by atoms with E-state index in [1.54, 1.807) is 18.1 Å². The molecule has 2 saturated heterocycles. The zero-order chi connectivity index (χ0) is 15.6. The fourth-order valence-corrected chi connectivity index (χ4v) is 2.75. The minimum Gasteiger partial charge on any atom is -0.375 e. The fraction of sp³-hybridized carbons (Fsp3) is 0.800. The fourth-order valence-electron chi connectivity index (χ4n) is 2.75. The van der Waals surface area contributed by atoms with Gasteiger partial charge in [0.25, 0.3) is 0 Å². The van der Waals surface area contributed by atoms with E-state index in [-0.39, 0.29) is 24.2 Å². The summed E-state index contributed by atoms with van der Waals surface area (Å²) in [5.41, 5.74) is 0. The van der Waals surface area contributed by atoms with E-state index < -0.39 is 12.1 Å². The molecule has 21 heavy (non-hydrogen) atoms. The van der Waals surface area contributed by atoms with Crippen molar-refractivity contribution in [1.82, 2.24) is 4.90 Å². The minimum atomic E-state index is -0.669. The van der Waals surface area contributed by atoms with Gasteiger partial charge in [0.15, 0.2) is 12.1 Å². The van der Waals surface area contributed by atoms with E-state index in [1.807, 2.05) is 27.7 Å². The number of likely N-dealkylation sites (N-methyl/N-ethyl adjacent to an activating group) is 1. The third-order valence-electron chi connectivity index (χ3n) is 3.80. The van der Waals surface area contributed by atoms with Crippen LogP contribution in [0.2, 0.25) is 0 Å². The van der Waals surface area contributed by atoms with Gasteiger partial charge in [0.2, 0.25) is 5.91 Å². The molecular weight excluding hydrogens is 274 g/mol.